The molecule has 0 aliphatic rings. The van der Waals surface area contributed by atoms with E-state index in [1.807, 2.05) is 32.9 Å². The molecule has 0 aliphatic heterocycles. The fourth-order valence-corrected chi connectivity index (χ4v) is 3.29. The predicted octanol–water partition coefficient (Wildman–Crippen LogP) is 3.11. The number of sulfonamides is 1. The van der Waals surface area contributed by atoms with Gasteiger partial charge in [-0.25, -0.2) is 8.42 Å². The average Bonchev–Trinajstić information content (AvgIpc) is 2.55. The van der Waals surface area contributed by atoms with Gasteiger partial charge in [-0.1, -0.05) is 12.1 Å². The second kappa shape index (κ2) is 8.23. The van der Waals surface area contributed by atoms with Gasteiger partial charge in [-0.3, -0.25) is 9.10 Å². The number of anilines is 2. The molecule has 1 amide bonds. The first-order chi connectivity index (χ1) is 12.2. The number of hydrogen-bond donors (Lipinski definition) is 1. The number of carbonyl (C=O) groups is 1. The lowest BCUT2D eigenvalue weighted by Gasteiger charge is -2.22. The zero-order valence-corrected chi connectivity index (χ0v) is 16.3. The van der Waals surface area contributed by atoms with Crippen LogP contribution in [0.5, 0.6) is 5.75 Å². The topological polar surface area (TPSA) is 75.7 Å². The third-order valence-corrected chi connectivity index (χ3v) is 5.04. The minimum Gasteiger partial charge on any atom is -0.494 e. The Morgan fingerprint density at radius 3 is 2.46 bits per heavy atom. The van der Waals surface area contributed by atoms with Crippen LogP contribution < -0.4 is 14.4 Å². The molecular weight excluding hydrogens is 352 g/mol. The molecular formula is C19H24N2O4S. The highest BCUT2D eigenvalue weighted by molar-refractivity contribution is 7.92. The number of hydrogen-bond acceptors (Lipinski definition) is 4. The van der Waals surface area contributed by atoms with Crippen LogP contribution in [0.1, 0.15) is 18.1 Å². The van der Waals surface area contributed by atoms with Gasteiger partial charge in [0.15, 0.2) is 0 Å². The van der Waals surface area contributed by atoms with Crippen molar-refractivity contribution in [1.82, 2.24) is 0 Å². The number of amides is 1. The maximum atomic E-state index is 12.4. The number of nitrogens with one attached hydrogen (secondary N) is 1. The van der Waals surface area contributed by atoms with E-state index >= 15 is 0 Å². The van der Waals surface area contributed by atoms with Gasteiger partial charge >= 0.3 is 0 Å². The molecule has 2 rings (SSSR count). The zero-order valence-electron chi connectivity index (χ0n) is 15.4. The molecule has 6 nitrogen and oxygen atoms in total. The highest BCUT2D eigenvalue weighted by Crippen LogP contribution is 2.23. The number of ether oxygens (including phenoxy) is 1. The summed E-state index contributed by atoms with van der Waals surface area (Å²) in [5.41, 5.74) is 3.18. The quantitative estimate of drug-likeness (QED) is 0.806. The largest absolute Gasteiger partial charge is 0.494 e. The van der Waals surface area contributed by atoms with Crippen LogP contribution >= 0.6 is 0 Å². The third-order valence-electron chi connectivity index (χ3n) is 3.89. The Hall–Kier alpha value is -2.54. The first kappa shape index (κ1) is 19.8. The van der Waals surface area contributed by atoms with Crippen LogP contribution in [-0.4, -0.2) is 33.7 Å². The van der Waals surface area contributed by atoms with Gasteiger partial charge in [-0.05, 0) is 56.2 Å². The van der Waals surface area contributed by atoms with E-state index in [1.54, 1.807) is 30.3 Å². The standard InChI is InChI=1S/C19H24N2O4S/c1-5-25-18-8-6-7-17(12-18)21(26(4,23)24)13-19(22)20-16-10-9-14(2)15(3)11-16/h6-12H,5,13H2,1-4H3,(H,20,22). The Morgan fingerprint density at radius 2 is 1.85 bits per heavy atom. The van der Waals surface area contributed by atoms with Crippen molar-refractivity contribution in [1.29, 1.82) is 0 Å². The first-order valence-electron chi connectivity index (χ1n) is 8.28. The summed E-state index contributed by atoms with van der Waals surface area (Å²) >= 11 is 0. The molecule has 0 radical (unpaired) electrons. The molecule has 7 heteroatoms. The third kappa shape index (κ3) is 5.23. The highest BCUT2D eigenvalue weighted by atomic mass is 32.2. The van der Waals surface area contributed by atoms with Crippen molar-refractivity contribution in [3.8, 4) is 5.75 Å². The van der Waals surface area contributed by atoms with Gasteiger partial charge in [0.2, 0.25) is 15.9 Å². The van der Waals surface area contributed by atoms with E-state index in [0.29, 0.717) is 23.7 Å². The number of nitrogens with zero attached hydrogens (tertiary/aromatic N) is 1. The average molecular weight is 376 g/mol. The molecule has 0 aliphatic carbocycles. The van der Waals surface area contributed by atoms with E-state index in [4.69, 9.17) is 4.74 Å². The number of rotatable bonds is 7. The van der Waals surface area contributed by atoms with Gasteiger partial charge in [-0.15, -0.1) is 0 Å². The Bertz CT molecular complexity index is 894. The summed E-state index contributed by atoms with van der Waals surface area (Å²) in [5, 5.41) is 2.75. The number of aryl methyl sites for hydroxylation is 2. The lowest BCUT2D eigenvalue weighted by molar-refractivity contribution is -0.114. The van der Waals surface area contributed by atoms with Gasteiger partial charge in [0.25, 0.3) is 0 Å². The van der Waals surface area contributed by atoms with Gasteiger partial charge in [0, 0.05) is 11.8 Å². The zero-order chi connectivity index (χ0) is 19.3. The summed E-state index contributed by atoms with van der Waals surface area (Å²) in [6, 6.07) is 12.2. The summed E-state index contributed by atoms with van der Waals surface area (Å²) in [4.78, 5) is 12.4. The Kier molecular flexibility index (Phi) is 6.26. The SMILES string of the molecule is CCOc1cccc(N(CC(=O)Nc2ccc(C)c(C)c2)S(C)(=O)=O)c1. The molecule has 2 aromatic carbocycles. The molecule has 1 N–H and O–H groups in total. The lowest BCUT2D eigenvalue weighted by atomic mass is 10.1. The molecule has 140 valence electrons. The molecule has 0 bridgehead atoms. The van der Waals surface area contributed by atoms with Crippen molar-refractivity contribution in [3.63, 3.8) is 0 Å². The Balaban J connectivity index is 2.21. The predicted molar refractivity (Wildman–Crippen MR) is 104 cm³/mol. The molecule has 0 fully saturated rings. The fraction of sp³-hybridized carbons (Fsp3) is 0.316. The van der Waals surface area contributed by atoms with Gasteiger partial charge < -0.3 is 10.1 Å². The molecule has 0 atom stereocenters. The molecule has 0 saturated carbocycles. The second-order valence-electron chi connectivity index (χ2n) is 6.05. The van der Waals surface area contributed by atoms with Crippen molar-refractivity contribution in [3.05, 3.63) is 53.6 Å². The van der Waals surface area contributed by atoms with E-state index in [9.17, 15) is 13.2 Å². The number of carbonyl (C=O) groups excluding carboxylic acids is 1. The molecule has 2 aromatic rings. The second-order valence-corrected chi connectivity index (χ2v) is 7.95. The monoisotopic (exact) mass is 376 g/mol. The maximum Gasteiger partial charge on any atom is 0.245 e. The summed E-state index contributed by atoms with van der Waals surface area (Å²) in [7, 11) is -3.63. The summed E-state index contributed by atoms with van der Waals surface area (Å²) in [6.45, 7) is 5.93. The Morgan fingerprint density at radius 1 is 1.12 bits per heavy atom. The van der Waals surface area contributed by atoms with Crippen molar-refractivity contribution in [2.75, 3.05) is 29.0 Å². The van der Waals surface area contributed by atoms with E-state index in [2.05, 4.69) is 5.32 Å². The van der Waals surface area contributed by atoms with Crippen LogP contribution in [0, 0.1) is 13.8 Å². The van der Waals surface area contributed by atoms with Crippen LogP contribution in [0.4, 0.5) is 11.4 Å². The summed E-state index contributed by atoms with van der Waals surface area (Å²) in [5.74, 6) is 0.133. The molecule has 0 spiro atoms. The lowest BCUT2D eigenvalue weighted by Crippen LogP contribution is -2.37. The van der Waals surface area contributed by atoms with Gasteiger partial charge in [0.1, 0.15) is 12.3 Å². The van der Waals surface area contributed by atoms with Crippen molar-refractivity contribution >= 4 is 27.3 Å². The molecule has 0 heterocycles. The minimum atomic E-state index is -3.63. The van der Waals surface area contributed by atoms with E-state index < -0.39 is 15.9 Å². The molecule has 26 heavy (non-hydrogen) atoms. The van der Waals surface area contributed by atoms with Crippen LogP contribution in [0.3, 0.4) is 0 Å². The van der Waals surface area contributed by atoms with Crippen molar-refractivity contribution in [2.24, 2.45) is 0 Å². The maximum absolute atomic E-state index is 12.4. The minimum absolute atomic E-state index is 0.318. The highest BCUT2D eigenvalue weighted by Gasteiger charge is 2.21. The summed E-state index contributed by atoms with van der Waals surface area (Å²) < 4.78 is 30.9. The number of benzene rings is 2. The Labute approximate surface area is 154 Å². The van der Waals surface area contributed by atoms with E-state index in [0.717, 1.165) is 21.7 Å². The molecule has 0 unspecified atom stereocenters. The first-order valence-corrected chi connectivity index (χ1v) is 10.1. The van der Waals surface area contributed by atoms with Crippen molar-refractivity contribution in [2.45, 2.75) is 20.8 Å². The molecule has 0 saturated heterocycles. The normalized spacial score (nSPS) is 11.1. The fourth-order valence-electron chi connectivity index (χ4n) is 2.45. The van der Waals surface area contributed by atoms with E-state index in [-0.39, 0.29) is 6.54 Å². The van der Waals surface area contributed by atoms with Gasteiger partial charge in [-0.2, -0.15) is 0 Å². The van der Waals surface area contributed by atoms with Gasteiger partial charge in [0.05, 0.1) is 18.6 Å². The van der Waals surface area contributed by atoms with Crippen LogP contribution in [-0.2, 0) is 14.8 Å². The van der Waals surface area contributed by atoms with Crippen LogP contribution in [0.15, 0.2) is 42.5 Å². The molecule has 0 aromatic heterocycles. The van der Waals surface area contributed by atoms with E-state index in [1.165, 1.54) is 0 Å². The van der Waals surface area contributed by atoms with Crippen LogP contribution in [0.2, 0.25) is 0 Å². The summed E-state index contributed by atoms with van der Waals surface area (Å²) in [6.07, 6.45) is 1.07. The van der Waals surface area contributed by atoms with Crippen LogP contribution in [0.25, 0.3) is 0 Å². The van der Waals surface area contributed by atoms with Crippen molar-refractivity contribution < 1.29 is 17.9 Å². The smallest absolute Gasteiger partial charge is 0.245 e.